The van der Waals surface area contributed by atoms with Crippen molar-refractivity contribution in [1.29, 1.82) is 0 Å². The minimum Gasteiger partial charge on any atom is -0.494 e. The van der Waals surface area contributed by atoms with Gasteiger partial charge in [0.15, 0.2) is 0 Å². The van der Waals surface area contributed by atoms with E-state index in [-0.39, 0.29) is 23.4 Å². The lowest BCUT2D eigenvalue weighted by Crippen LogP contribution is -2.21. The summed E-state index contributed by atoms with van der Waals surface area (Å²) in [5, 5.41) is 10.6. The number of aromatic nitrogens is 3. The van der Waals surface area contributed by atoms with E-state index < -0.39 is 5.91 Å². The Balaban J connectivity index is 1.45. The number of methoxy groups -OCH3 is 1. The molecule has 3 heterocycles. The topological polar surface area (TPSA) is 133 Å². The van der Waals surface area contributed by atoms with E-state index in [1.807, 2.05) is 35.3 Å². The lowest BCUT2D eigenvalue weighted by molar-refractivity contribution is -0.117. The van der Waals surface area contributed by atoms with Gasteiger partial charge in [-0.05, 0) is 31.7 Å². The van der Waals surface area contributed by atoms with Crippen molar-refractivity contribution < 1.29 is 19.1 Å². The monoisotopic (exact) mass is 476 g/mol. The SMILES string of the molecule is COc1c(Nc2cc(NC(=O)C3CC3)ncc2C(N)=O)cccc1-c1cnn([C@H]2CCCOC2)c1. The molecule has 5 rings (SSSR count). The lowest BCUT2D eigenvalue weighted by atomic mass is 10.1. The summed E-state index contributed by atoms with van der Waals surface area (Å²) < 4.78 is 13.3. The van der Waals surface area contributed by atoms with Crippen LogP contribution in [0.3, 0.4) is 0 Å². The molecule has 0 unspecified atom stereocenters. The summed E-state index contributed by atoms with van der Waals surface area (Å²) in [4.78, 5) is 28.4. The molecule has 182 valence electrons. The number of primary amides is 1. The van der Waals surface area contributed by atoms with Crippen molar-refractivity contribution in [3.63, 3.8) is 0 Å². The molecule has 1 aliphatic carbocycles. The largest absolute Gasteiger partial charge is 0.494 e. The molecule has 35 heavy (non-hydrogen) atoms. The Hall–Kier alpha value is -3.92. The zero-order valence-electron chi connectivity index (χ0n) is 19.5. The molecule has 4 N–H and O–H groups in total. The highest BCUT2D eigenvalue weighted by Crippen LogP contribution is 2.39. The normalized spacial score (nSPS) is 17.6. The van der Waals surface area contributed by atoms with Crippen LogP contribution < -0.4 is 21.1 Å². The van der Waals surface area contributed by atoms with E-state index in [2.05, 4.69) is 20.7 Å². The van der Waals surface area contributed by atoms with Crippen LogP contribution in [0.15, 0.2) is 42.9 Å². The smallest absolute Gasteiger partial charge is 0.252 e. The van der Waals surface area contributed by atoms with Gasteiger partial charge in [0.1, 0.15) is 11.6 Å². The fraction of sp³-hybridized carbons (Fsp3) is 0.360. The van der Waals surface area contributed by atoms with Gasteiger partial charge < -0.3 is 25.8 Å². The summed E-state index contributed by atoms with van der Waals surface area (Å²) in [6.45, 7) is 1.44. The minimum absolute atomic E-state index is 0.0295. The fourth-order valence-electron chi connectivity index (χ4n) is 4.23. The lowest BCUT2D eigenvalue weighted by Gasteiger charge is -2.22. The number of nitrogens with two attached hydrogens (primary N) is 1. The number of pyridine rings is 1. The van der Waals surface area contributed by atoms with E-state index in [1.54, 1.807) is 13.2 Å². The molecule has 0 radical (unpaired) electrons. The second-order valence-electron chi connectivity index (χ2n) is 8.83. The summed E-state index contributed by atoms with van der Waals surface area (Å²) in [7, 11) is 1.59. The number of rotatable bonds is 8. The van der Waals surface area contributed by atoms with E-state index >= 15 is 0 Å². The first-order valence-corrected chi connectivity index (χ1v) is 11.7. The number of amides is 2. The molecule has 0 spiro atoms. The first-order chi connectivity index (χ1) is 17.0. The molecule has 1 saturated carbocycles. The number of carbonyl (C=O) groups is 2. The van der Waals surface area contributed by atoms with Crippen molar-refractivity contribution in [3.8, 4) is 16.9 Å². The van der Waals surface area contributed by atoms with Crippen LogP contribution in [0.2, 0.25) is 0 Å². The van der Waals surface area contributed by atoms with Crippen LogP contribution in [0, 0.1) is 5.92 Å². The summed E-state index contributed by atoms with van der Waals surface area (Å²) in [6, 6.07) is 7.50. The number of anilines is 3. The van der Waals surface area contributed by atoms with Crippen molar-refractivity contribution in [1.82, 2.24) is 14.8 Å². The number of benzene rings is 1. The molecule has 2 amide bonds. The van der Waals surface area contributed by atoms with Gasteiger partial charge in [-0.25, -0.2) is 4.98 Å². The van der Waals surface area contributed by atoms with Gasteiger partial charge in [0.2, 0.25) is 5.91 Å². The Bertz CT molecular complexity index is 1250. The second kappa shape index (κ2) is 9.75. The second-order valence-corrected chi connectivity index (χ2v) is 8.83. The first kappa shape index (κ1) is 22.9. The Morgan fingerprint density at radius 3 is 2.77 bits per heavy atom. The van der Waals surface area contributed by atoms with E-state index in [0.717, 1.165) is 43.4 Å². The predicted octanol–water partition coefficient (Wildman–Crippen LogP) is 3.50. The Labute approximate surface area is 202 Å². The van der Waals surface area contributed by atoms with Crippen LogP contribution >= 0.6 is 0 Å². The molecular weight excluding hydrogens is 448 g/mol. The predicted molar refractivity (Wildman–Crippen MR) is 131 cm³/mol. The first-order valence-electron chi connectivity index (χ1n) is 11.7. The van der Waals surface area contributed by atoms with E-state index in [4.69, 9.17) is 15.2 Å². The number of hydrogen-bond donors (Lipinski definition) is 3. The molecule has 1 atom stereocenters. The van der Waals surface area contributed by atoms with E-state index in [1.165, 1.54) is 6.20 Å². The van der Waals surface area contributed by atoms with Gasteiger partial charge in [0.25, 0.3) is 5.91 Å². The maximum atomic E-state index is 12.2. The van der Waals surface area contributed by atoms with Gasteiger partial charge in [-0.15, -0.1) is 0 Å². The van der Waals surface area contributed by atoms with Crippen molar-refractivity contribution in [2.75, 3.05) is 31.0 Å². The summed E-state index contributed by atoms with van der Waals surface area (Å²) in [5.74, 6) is 0.256. The molecule has 3 aromatic rings. The van der Waals surface area contributed by atoms with Crippen LogP contribution in [0.25, 0.3) is 11.1 Å². The molecule has 0 bridgehead atoms. The zero-order valence-corrected chi connectivity index (χ0v) is 19.5. The maximum absolute atomic E-state index is 12.2. The van der Waals surface area contributed by atoms with Crippen LogP contribution in [0.5, 0.6) is 5.75 Å². The summed E-state index contributed by atoms with van der Waals surface area (Å²) >= 11 is 0. The third-order valence-corrected chi connectivity index (χ3v) is 6.28. The highest BCUT2D eigenvalue weighted by Gasteiger charge is 2.30. The molecule has 1 aliphatic heterocycles. The molecule has 1 saturated heterocycles. The van der Waals surface area contributed by atoms with Gasteiger partial charge in [-0.3, -0.25) is 14.3 Å². The van der Waals surface area contributed by atoms with Gasteiger partial charge in [0, 0.05) is 42.1 Å². The molecule has 2 aromatic heterocycles. The Morgan fingerprint density at radius 2 is 2.06 bits per heavy atom. The van der Waals surface area contributed by atoms with Crippen LogP contribution in [-0.2, 0) is 9.53 Å². The molecule has 10 heteroatoms. The standard InChI is InChI=1S/C25H28N6O4/c1-34-23-18(16-11-28-31(13-16)17-4-3-9-35-14-17)5-2-6-20(23)29-21-10-22(27-12-19(21)24(26)32)30-25(33)15-7-8-15/h2,5-6,10-13,15,17H,3-4,7-9,14H2,1H3,(H2,26,32)(H2,27,29,30,33)/t17-/m0/s1. The van der Waals surface area contributed by atoms with Gasteiger partial charge >= 0.3 is 0 Å². The third kappa shape index (κ3) is 4.97. The quantitative estimate of drug-likeness (QED) is 0.453. The number of hydrogen-bond acceptors (Lipinski definition) is 7. The summed E-state index contributed by atoms with van der Waals surface area (Å²) in [6.07, 6.45) is 8.96. The number of nitrogens with zero attached hydrogens (tertiary/aromatic N) is 3. The highest BCUT2D eigenvalue weighted by atomic mass is 16.5. The maximum Gasteiger partial charge on any atom is 0.252 e. The molecule has 10 nitrogen and oxygen atoms in total. The van der Waals surface area contributed by atoms with Crippen molar-refractivity contribution in [3.05, 3.63) is 48.4 Å². The van der Waals surface area contributed by atoms with Crippen molar-refractivity contribution in [2.24, 2.45) is 11.7 Å². The molecule has 1 aromatic carbocycles. The Morgan fingerprint density at radius 1 is 1.20 bits per heavy atom. The van der Waals surface area contributed by atoms with Gasteiger partial charge in [0.05, 0.1) is 42.9 Å². The highest BCUT2D eigenvalue weighted by molar-refractivity contribution is 6.01. The van der Waals surface area contributed by atoms with E-state index in [0.29, 0.717) is 29.5 Å². The molecule has 2 aliphatic rings. The van der Waals surface area contributed by atoms with Crippen LogP contribution in [-0.4, -0.2) is 46.9 Å². The van der Waals surface area contributed by atoms with Gasteiger partial charge in [-0.1, -0.05) is 12.1 Å². The van der Waals surface area contributed by atoms with Crippen molar-refractivity contribution in [2.45, 2.75) is 31.7 Å². The van der Waals surface area contributed by atoms with Crippen molar-refractivity contribution >= 4 is 29.0 Å². The number of carbonyl (C=O) groups excluding carboxylic acids is 2. The molecular formula is C25H28N6O4. The van der Waals surface area contributed by atoms with Crippen LogP contribution in [0.4, 0.5) is 17.2 Å². The zero-order chi connectivity index (χ0) is 24.4. The van der Waals surface area contributed by atoms with Gasteiger partial charge in [-0.2, -0.15) is 5.10 Å². The minimum atomic E-state index is -0.633. The average molecular weight is 477 g/mol. The Kier molecular flexibility index (Phi) is 6.37. The fourth-order valence-corrected chi connectivity index (χ4v) is 4.23. The average Bonchev–Trinajstić information content (AvgIpc) is 3.61. The third-order valence-electron chi connectivity index (χ3n) is 6.28. The number of para-hydroxylation sites is 1. The molecule has 2 fully saturated rings. The number of ether oxygens (including phenoxy) is 2. The van der Waals surface area contributed by atoms with E-state index in [9.17, 15) is 9.59 Å². The van der Waals surface area contributed by atoms with Crippen LogP contribution in [0.1, 0.15) is 42.1 Å². The summed E-state index contributed by atoms with van der Waals surface area (Å²) in [5.41, 5.74) is 8.58. The number of nitrogens with one attached hydrogen (secondary N) is 2.